The van der Waals surface area contributed by atoms with Gasteiger partial charge in [0.2, 0.25) is 0 Å². The lowest BCUT2D eigenvalue weighted by atomic mass is 10.0. The van der Waals surface area contributed by atoms with Crippen molar-refractivity contribution in [3.8, 4) is 11.1 Å². The van der Waals surface area contributed by atoms with Crippen molar-refractivity contribution in [1.82, 2.24) is 0 Å². The van der Waals surface area contributed by atoms with Crippen LogP contribution in [0.1, 0.15) is 0 Å². The summed E-state index contributed by atoms with van der Waals surface area (Å²) in [5, 5.41) is 7.70. The molecule has 0 N–H and O–H groups in total. The fourth-order valence-electron chi connectivity index (χ4n) is 8.71. The molecule has 3 heterocycles. The molecule has 0 fully saturated rings. The van der Waals surface area contributed by atoms with E-state index < -0.39 is 0 Å². The maximum absolute atomic E-state index is 2.45. The van der Waals surface area contributed by atoms with Gasteiger partial charge in [-0.05, 0) is 108 Å². The summed E-state index contributed by atoms with van der Waals surface area (Å²) >= 11 is 5.59. The fourth-order valence-corrected chi connectivity index (χ4v) is 12.0. The van der Waals surface area contributed by atoms with Crippen LogP contribution in [-0.2, 0) is 0 Å². The summed E-state index contributed by atoms with van der Waals surface area (Å²) in [4.78, 5) is 4.87. The Morgan fingerprint density at radius 1 is 0.254 bits per heavy atom. The van der Waals surface area contributed by atoms with Gasteiger partial charge in [-0.15, -0.1) is 34.0 Å². The SMILES string of the molecule is c1ccc(-c2ccc(N(c3ccc4sc5ccccc5c4c3)c3ccc4sc5cccc(N(c6ccccc6)c6ccc7c(c6)sc6ccccc67)c5c4c3)cc2)cc1. The van der Waals surface area contributed by atoms with Crippen molar-refractivity contribution < 1.29 is 0 Å². The van der Waals surface area contributed by atoms with Gasteiger partial charge < -0.3 is 9.80 Å². The zero-order chi connectivity index (χ0) is 38.9. The maximum Gasteiger partial charge on any atom is 0.0554 e. The molecule has 59 heavy (non-hydrogen) atoms. The van der Waals surface area contributed by atoms with E-state index in [0.717, 1.165) is 28.4 Å². The highest BCUT2D eigenvalue weighted by atomic mass is 32.1. The second-order valence-corrected chi connectivity index (χ2v) is 18.2. The molecule has 0 saturated heterocycles. The summed E-state index contributed by atoms with van der Waals surface area (Å²) in [7, 11) is 0. The van der Waals surface area contributed by atoms with Crippen LogP contribution in [0.5, 0.6) is 0 Å². The summed E-state index contributed by atoms with van der Waals surface area (Å²) in [5.74, 6) is 0. The van der Waals surface area contributed by atoms with E-state index in [0.29, 0.717) is 0 Å². The van der Waals surface area contributed by atoms with E-state index in [-0.39, 0.29) is 0 Å². The third-order valence-corrected chi connectivity index (χ3v) is 14.9. The van der Waals surface area contributed by atoms with Crippen molar-refractivity contribution in [1.29, 1.82) is 0 Å². The first-order chi connectivity index (χ1) is 29.2. The number of nitrogens with zero attached hydrogens (tertiary/aromatic N) is 2. The Morgan fingerprint density at radius 2 is 0.729 bits per heavy atom. The first-order valence-electron chi connectivity index (χ1n) is 19.8. The minimum atomic E-state index is 1.12. The molecule has 0 amide bonds. The average Bonchev–Trinajstić information content (AvgIpc) is 3.99. The Hall–Kier alpha value is -6.76. The van der Waals surface area contributed by atoms with Crippen LogP contribution in [-0.4, -0.2) is 0 Å². The lowest BCUT2D eigenvalue weighted by Crippen LogP contribution is -2.10. The van der Waals surface area contributed by atoms with Gasteiger partial charge in [-0.2, -0.15) is 0 Å². The highest BCUT2D eigenvalue weighted by Crippen LogP contribution is 2.48. The molecule has 9 aromatic carbocycles. The second-order valence-electron chi connectivity index (χ2n) is 14.9. The lowest BCUT2D eigenvalue weighted by Gasteiger charge is -2.27. The molecule has 0 spiro atoms. The van der Waals surface area contributed by atoms with E-state index in [9.17, 15) is 0 Å². The molecule has 0 aliphatic heterocycles. The lowest BCUT2D eigenvalue weighted by molar-refractivity contribution is 1.30. The smallest absolute Gasteiger partial charge is 0.0554 e. The van der Waals surface area contributed by atoms with Gasteiger partial charge in [-0.1, -0.05) is 109 Å². The van der Waals surface area contributed by atoms with Gasteiger partial charge in [0.25, 0.3) is 0 Å². The van der Waals surface area contributed by atoms with Crippen LogP contribution >= 0.6 is 34.0 Å². The standard InChI is InChI=1S/C54H34N2S3/c1-3-12-35(13-4-1)36-22-24-38(25-23-36)55(39-27-30-50-45(32-39)43-17-8-10-20-49(43)57-50)40-28-31-51-46(33-40)54-47(18-11-21-52(54)58-51)56(37-14-5-2-6-15-37)41-26-29-44-42-16-7-9-19-48(42)59-53(44)34-41/h1-34H. The molecule has 0 aliphatic carbocycles. The molecule has 0 radical (unpaired) electrons. The van der Waals surface area contributed by atoms with Crippen molar-refractivity contribution in [2.45, 2.75) is 0 Å². The number of thiophene rings is 3. The van der Waals surface area contributed by atoms with Gasteiger partial charge in [0.05, 0.1) is 5.69 Å². The van der Waals surface area contributed by atoms with Crippen LogP contribution in [0, 0.1) is 0 Å². The van der Waals surface area contributed by atoms with E-state index in [1.807, 2.05) is 34.0 Å². The molecule has 12 rings (SSSR count). The van der Waals surface area contributed by atoms with E-state index in [4.69, 9.17) is 0 Å². The largest absolute Gasteiger partial charge is 0.310 e. The third-order valence-electron chi connectivity index (χ3n) is 11.4. The molecule has 3 aromatic heterocycles. The summed E-state index contributed by atoms with van der Waals surface area (Å²) < 4.78 is 7.75. The number of anilines is 6. The fraction of sp³-hybridized carbons (Fsp3) is 0. The van der Waals surface area contributed by atoms with E-state index in [1.165, 1.54) is 77.3 Å². The molecule has 5 heteroatoms. The van der Waals surface area contributed by atoms with Crippen molar-refractivity contribution in [3.63, 3.8) is 0 Å². The van der Waals surface area contributed by atoms with Crippen molar-refractivity contribution in [3.05, 3.63) is 206 Å². The molecule has 2 nitrogen and oxygen atoms in total. The van der Waals surface area contributed by atoms with Crippen molar-refractivity contribution in [2.24, 2.45) is 0 Å². The van der Waals surface area contributed by atoms with Crippen LogP contribution in [0.15, 0.2) is 206 Å². The monoisotopic (exact) mass is 806 g/mol. The molecule has 0 aliphatic rings. The summed E-state index contributed by atoms with van der Waals surface area (Å²) in [5.41, 5.74) is 9.23. The predicted octanol–water partition coefficient (Wildman–Crippen LogP) is 17.4. The minimum absolute atomic E-state index is 1.12. The Bertz CT molecular complexity index is 3510. The Morgan fingerprint density at radius 3 is 1.47 bits per heavy atom. The number of rotatable bonds is 7. The molecular weight excluding hydrogens is 773 g/mol. The van der Waals surface area contributed by atoms with Crippen molar-refractivity contribution in [2.75, 3.05) is 9.80 Å². The quantitative estimate of drug-likeness (QED) is 0.158. The van der Waals surface area contributed by atoms with Gasteiger partial charge in [0.15, 0.2) is 0 Å². The van der Waals surface area contributed by atoms with Crippen molar-refractivity contribution >= 4 is 129 Å². The molecule has 0 saturated carbocycles. The van der Waals surface area contributed by atoms with Gasteiger partial charge in [0, 0.05) is 89.0 Å². The Kier molecular flexibility index (Phi) is 8.12. The normalized spacial score (nSPS) is 11.7. The zero-order valence-electron chi connectivity index (χ0n) is 31.7. The van der Waals surface area contributed by atoms with Crippen LogP contribution in [0.2, 0.25) is 0 Å². The van der Waals surface area contributed by atoms with E-state index in [2.05, 4.69) is 216 Å². The molecule has 278 valence electrons. The van der Waals surface area contributed by atoms with Crippen LogP contribution < -0.4 is 9.80 Å². The number of fused-ring (bicyclic) bond motifs is 9. The second kappa shape index (κ2) is 14.0. The zero-order valence-corrected chi connectivity index (χ0v) is 34.2. The number of benzene rings is 9. The van der Waals surface area contributed by atoms with Gasteiger partial charge in [0.1, 0.15) is 0 Å². The summed E-state index contributed by atoms with van der Waals surface area (Å²) in [6.45, 7) is 0. The van der Waals surface area contributed by atoms with E-state index in [1.54, 1.807) is 0 Å². The highest BCUT2D eigenvalue weighted by molar-refractivity contribution is 7.26. The topological polar surface area (TPSA) is 6.48 Å². The summed E-state index contributed by atoms with van der Waals surface area (Å²) in [6.07, 6.45) is 0. The maximum atomic E-state index is 2.45. The van der Waals surface area contributed by atoms with Gasteiger partial charge in [-0.3, -0.25) is 0 Å². The molecule has 0 atom stereocenters. The first kappa shape index (κ1) is 34.3. The van der Waals surface area contributed by atoms with Crippen LogP contribution in [0.4, 0.5) is 34.1 Å². The molecular formula is C54H34N2S3. The highest BCUT2D eigenvalue weighted by Gasteiger charge is 2.22. The minimum Gasteiger partial charge on any atom is -0.310 e. The van der Waals surface area contributed by atoms with Crippen LogP contribution in [0.25, 0.3) is 71.6 Å². The third kappa shape index (κ3) is 5.81. The van der Waals surface area contributed by atoms with Crippen LogP contribution in [0.3, 0.4) is 0 Å². The number of hydrogen-bond acceptors (Lipinski definition) is 5. The predicted molar refractivity (Wildman–Crippen MR) is 260 cm³/mol. The average molecular weight is 807 g/mol. The summed E-state index contributed by atoms with van der Waals surface area (Å²) in [6, 6.07) is 75.7. The van der Waals surface area contributed by atoms with Gasteiger partial charge in [-0.25, -0.2) is 0 Å². The van der Waals surface area contributed by atoms with E-state index >= 15 is 0 Å². The Labute approximate surface area is 353 Å². The Balaban J connectivity index is 1.06. The van der Waals surface area contributed by atoms with Gasteiger partial charge >= 0.3 is 0 Å². The number of hydrogen-bond donors (Lipinski definition) is 0. The molecule has 12 aromatic rings. The molecule has 0 bridgehead atoms. The molecule has 0 unspecified atom stereocenters. The number of para-hydroxylation sites is 1. The first-order valence-corrected chi connectivity index (χ1v) is 22.3.